The summed E-state index contributed by atoms with van der Waals surface area (Å²) >= 11 is 0. The first-order chi connectivity index (χ1) is 9.27. The molecule has 1 saturated heterocycles. The lowest BCUT2D eigenvalue weighted by Gasteiger charge is -2.29. The second kappa shape index (κ2) is 5.03. The van der Waals surface area contributed by atoms with Crippen molar-refractivity contribution in [1.29, 1.82) is 0 Å². The minimum Gasteiger partial charge on any atom is -0.344 e. The van der Waals surface area contributed by atoms with Crippen LogP contribution >= 0.6 is 0 Å². The molecule has 1 fully saturated rings. The molecule has 0 unspecified atom stereocenters. The Balaban J connectivity index is 1.71. The Labute approximate surface area is 111 Å². The van der Waals surface area contributed by atoms with Gasteiger partial charge in [0.1, 0.15) is 0 Å². The van der Waals surface area contributed by atoms with E-state index < -0.39 is 5.79 Å². The maximum Gasteiger partial charge on any atom is 0.190 e. The molecule has 0 bridgehead atoms. The number of rotatable bonds is 3. The van der Waals surface area contributed by atoms with Crippen LogP contribution in [0.15, 0.2) is 42.1 Å². The molecular formula is C14H16N2O3. The number of nitrogens with one attached hydrogen (secondary N) is 2. The summed E-state index contributed by atoms with van der Waals surface area (Å²) in [7, 11) is 0. The molecule has 0 radical (unpaired) electrons. The average Bonchev–Trinajstić information content (AvgIpc) is 2.90. The van der Waals surface area contributed by atoms with Gasteiger partial charge in [0.25, 0.3) is 0 Å². The number of carbonyl (C=O) groups excluding carboxylic acids is 1. The number of hydrogen-bond donors (Lipinski definition) is 2. The number of benzene rings is 1. The summed E-state index contributed by atoms with van der Waals surface area (Å²) in [6.45, 7) is 1.15. The van der Waals surface area contributed by atoms with Gasteiger partial charge >= 0.3 is 0 Å². The van der Waals surface area contributed by atoms with Crippen LogP contribution in [0.1, 0.15) is 12.8 Å². The van der Waals surface area contributed by atoms with E-state index in [2.05, 4.69) is 10.9 Å². The monoisotopic (exact) mass is 260 g/mol. The standard InChI is InChI=1S/C14H16N2O3/c17-13-6-7-14(18-8-9-19-14)10-12(13)16-15-11-4-2-1-3-5-11/h1-5,10,15-16H,6-9H2. The molecule has 5 heteroatoms. The molecule has 0 saturated carbocycles. The Kier molecular flexibility index (Phi) is 3.23. The third kappa shape index (κ3) is 2.62. The van der Waals surface area contributed by atoms with Crippen LogP contribution in [0.3, 0.4) is 0 Å². The fraction of sp³-hybridized carbons (Fsp3) is 0.357. The summed E-state index contributed by atoms with van der Waals surface area (Å²) in [4.78, 5) is 11.9. The Bertz CT molecular complexity index is 493. The van der Waals surface area contributed by atoms with E-state index in [1.54, 1.807) is 6.08 Å². The number of allylic oxidation sites excluding steroid dienone is 1. The second-order valence-corrected chi connectivity index (χ2v) is 4.61. The van der Waals surface area contributed by atoms with Crippen LogP contribution in [-0.4, -0.2) is 24.8 Å². The topological polar surface area (TPSA) is 59.6 Å². The quantitative estimate of drug-likeness (QED) is 0.808. The fourth-order valence-corrected chi connectivity index (χ4v) is 2.26. The summed E-state index contributed by atoms with van der Waals surface area (Å²) < 4.78 is 11.2. The first kappa shape index (κ1) is 12.2. The predicted molar refractivity (Wildman–Crippen MR) is 70.2 cm³/mol. The van der Waals surface area contributed by atoms with E-state index in [9.17, 15) is 4.79 Å². The zero-order chi connectivity index (χ0) is 13.1. The summed E-state index contributed by atoms with van der Waals surface area (Å²) in [6.07, 6.45) is 2.75. The highest BCUT2D eigenvalue weighted by molar-refractivity contribution is 5.96. The summed E-state index contributed by atoms with van der Waals surface area (Å²) in [5.74, 6) is -0.651. The smallest absolute Gasteiger partial charge is 0.190 e. The second-order valence-electron chi connectivity index (χ2n) is 4.61. The van der Waals surface area contributed by atoms with Crippen LogP contribution in [0.4, 0.5) is 5.69 Å². The molecule has 1 spiro atoms. The van der Waals surface area contributed by atoms with Crippen LogP contribution in [0, 0.1) is 0 Å². The molecule has 100 valence electrons. The SMILES string of the molecule is O=C1CCC2(C=C1NNc1ccccc1)OCCO2. The minimum absolute atomic E-state index is 0.0631. The molecule has 1 aromatic rings. The predicted octanol–water partition coefficient (Wildman–Crippen LogP) is 1.59. The van der Waals surface area contributed by atoms with Gasteiger partial charge in [0, 0.05) is 18.9 Å². The minimum atomic E-state index is -0.714. The van der Waals surface area contributed by atoms with E-state index in [1.807, 2.05) is 30.3 Å². The Morgan fingerprint density at radius 3 is 2.53 bits per heavy atom. The van der Waals surface area contributed by atoms with Gasteiger partial charge in [-0.3, -0.25) is 10.2 Å². The van der Waals surface area contributed by atoms with Crippen LogP contribution < -0.4 is 10.9 Å². The summed E-state index contributed by atoms with van der Waals surface area (Å²) in [6, 6.07) is 9.61. The van der Waals surface area contributed by atoms with Crippen LogP contribution in [0.25, 0.3) is 0 Å². The number of hydrazine groups is 1. The van der Waals surface area contributed by atoms with Crippen LogP contribution in [-0.2, 0) is 14.3 Å². The van der Waals surface area contributed by atoms with Gasteiger partial charge in [0.05, 0.1) is 24.6 Å². The lowest BCUT2D eigenvalue weighted by molar-refractivity contribution is -0.138. The number of anilines is 1. The number of carbonyl (C=O) groups is 1. The van der Waals surface area contributed by atoms with Gasteiger partial charge in [-0.05, 0) is 12.1 Å². The highest BCUT2D eigenvalue weighted by Gasteiger charge is 2.39. The van der Waals surface area contributed by atoms with Gasteiger partial charge in [-0.2, -0.15) is 0 Å². The van der Waals surface area contributed by atoms with Gasteiger partial charge in [0.2, 0.25) is 0 Å². The van der Waals surface area contributed by atoms with Crippen molar-refractivity contribution in [1.82, 2.24) is 5.43 Å². The largest absolute Gasteiger partial charge is 0.344 e. The van der Waals surface area contributed by atoms with Crippen LogP contribution in [0.5, 0.6) is 0 Å². The molecule has 0 aromatic heterocycles. The maximum atomic E-state index is 11.9. The van der Waals surface area contributed by atoms with E-state index >= 15 is 0 Å². The average molecular weight is 260 g/mol. The van der Waals surface area contributed by atoms with Crippen LogP contribution in [0.2, 0.25) is 0 Å². The molecule has 1 aliphatic carbocycles. The van der Waals surface area contributed by atoms with Crippen molar-refractivity contribution >= 4 is 11.5 Å². The van der Waals surface area contributed by atoms with Crippen molar-refractivity contribution in [3.05, 3.63) is 42.1 Å². The maximum absolute atomic E-state index is 11.9. The molecule has 2 aliphatic rings. The molecule has 1 heterocycles. The van der Waals surface area contributed by atoms with Gasteiger partial charge in [0.15, 0.2) is 11.6 Å². The first-order valence-electron chi connectivity index (χ1n) is 6.38. The number of para-hydroxylation sites is 1. The van der Waals surface area contributed by atoms with E-state index in [1.165, 1.54) is 0 Å². The van der Waals surface area contributed by atoms with Crippen molar-refractivity contribution in [2.75, 3.05) is 18.6 Å². The van der Waals surface area contributed by atoms with E-state index in [4.69, 9.17) is 9.47 Å². The van der Waals surface area contributed by atoms with Gasteiger partial charge in [-0.25, -0.2) is 0 Å². The van der Waals surface area contributed by atoms with E-state index in [0.29, 0.717) is 31.8 Å². The highest BCUT2D eigenvalue weighted by Crippen LogP contribution is 2.31. The molecular weight excluding hydrogens is 244 g/mol. The van der Waals surface area contributed by atoms with Crippen molar-refractivity contribution in [2.45, 2.75) is 18.6 Å². The third-order valence-corrected chi connectivity index (χ3v) is 3.26. The van der Waals surface area contributed by atoms with E-state index in [-0.39, 0.29) is 5.78 Å². The Morgan fingerprint density at radius 2 is 1.79 bits per heavy atom. The zero-order valence-corrected chi connectivity index (χ0v) is 10.5. The summed E-state index contributed by atoms with van der Waals surface area (Å²) in [5, 5.41) is 0. The van der Waals surface area contributed by atoms with E-state index in [0.717, 1.165) is 5.69 Å². The van der Waals surface area contributed by atoms with Crippen molar-refractivity contribution in [3.8, 4) is 0 Å². The molecule has 19 heavy (non-hydrogen) atoms. The fourth-order valence-electron chi connectivity index (χ4n) is 2.26. The molecule has 5 nitrogen and oxygen atoms in total. The highest BCUT2D eigenvalue weighted by atomic mass is 16.7. The first-order valence-corrected chi connectivity index (χ1v) is 6.38. The normalized spacial score (nSPS) is 21.3. The zero-order valence-electron chi connectivity index (χ0n) is 10.5. The molecule has 2 N–H and O–H groups in total. The lowest BCUT2D eigenvalue weighted by Crippen LogP contribution is -2.38. The van der Waals surface area contributed by atoms with Gasteiger partial charge in [-0.15, -0.1) is 0 Å². The van der Waals surface area contributed by atoms with Crippen molar-refractivity contribution in [3.63, 3.8) is 0 Å². The lowest BCUT2D eigenvalue weighted by atomic mass is 9.98. The Morgan fingerprint density at radius 1 is 1.05 bits per heavy atom. The van der Waals surface area contributed by atoms with Crippen molar-refractivity contribution < 1.29 is 14.3 Å². The van der Waals surface area contributed by atoms with Gasteiger partial charge < -0.3 is 14.9 Å². The molecule has 1 aliphatic heterocycles. The van der Waals surface area contributed by atoms with Gasteiger partial charge in [-0.1, -0.05) is 18.2 Å². The molecule has 0 amide bonds. The number of ether oxygens (including phenoxy) is 2. The third-order valence-electron chi connectivity index (χ3n) is 3.26. The number of hydrogen-bond acceptors (Lipinski definition) is 5. The van der Waals surface area contributed by atoms with Crippen molar-refractivity contribution in [2.24, 2.45) is 0 Å². The number of Topliss-reactive ketones (excluding diaryl/α,β-unsaturated/α-hetero) is 1. The summed E-state index contributed by atoms with van der Waals surface area (Å²) in [5.41, 5.74) is 7.33. The molecule has 1 aromatic carbocycles. The molecule has 3 rings (SSSR count). The number of ketones is 1. The molecule has 0 atom stereocenters. The Hall–Kier alpha value is -1.85.